The molecule has 0 aliphatic heterocycles. The first kappa shape index (κ1) is 67.7. The summed E-state index contributed by atoms with van der Waals surface area (Å²) in [5.41, 5.74) is 33.1. The summed E-state index contributed by atoms with van der Waals surface area (Å²) in [5.74, 6) is -13.2. The van der Waals surface area contributed by atoms with Crippen LogP contribution in [-0.4, -0.2) is 160 Å². The molecule has 0 unspecified atom stereocenters. The van der Waals surface area contributed by atoms with Crippen molar-refractivity contribution in [2.45, 2.75) is 152 Å². The molecule has 0 spiro atoms. The van der Waals surface area contributed by atoms with Crippen molar-refractivity contribution >= 4 is 77.0 Å². The Morgan fingerprint density at radius 3 is 1.35 bits per heavy atom. The first-order valence-corrected chi connectivity index (χ1v) is 25.2. The largest absolute Gasteiger partial charge is 0.508 e. The van der Waals surface area contributed by atoms with Crippen LogP contribution in [0, 0.1) is 16.7 Å². The Bertz CT molecular complexity index is 2240. The number of phenols is 1. The summed E-state index contributed by atoms with van der Waals surface area (Å²) in [6.07, 6.45) is -3.25. The quantitative estimate of drug-likeness (QED) is 0.0166. The fraction of sp³-hybridized carbons (Fsp3) is 0.596. The molecule has 1 rings (SSSR count). The number of guanidine groups is 2. The normalized spacial score (nSPS) is 14.3. The summed E-state index contributed by atoms with van der Waals surface area (Å²) in [6, 6.07) is -5.39. The highest BCUT2D eigenvalue weighted by atomic mass is 16.4. The van der Waals surface area contributed by atoms with E-state index in [9.17, 15) is 63.0 Å². The van der Waals surface area contributed by atoms with Crippen molar-refractivity contribution in [3.8, 4) is 5.75 Å². The lowest BCUT2D eigenvalue weighted by atomic mass is 10.0. The van der Waals surface area contributed by atoms with Gasteiger partial charge in [-0.3, -0.25) is 63.6 Å². The van der Waals surface area contributed by atoms with Gasteiger partial charge in [-0.05, 0) is 95.4 Å². The van der Waals surface area contributed by atoms with Crippen LogP contribution in [0.2, 0.25) is 0 Å². The van der Waals surface area contributed by atoms with E-state index in [1.54, 1.807) is 0 Å². The molecular weight excluding hydrogens is 1030 g/mol. The van der Waals surface area contributed by atoms with Crippen molar-refractivity contribution < 1.29 is 68.1 Å². The maximum Gasteiger partial charge on any atom is 0.304 e. The SMILES string of the molecule is C[C@@H](CC(=O)O)C(=O)N[C@H](C(=O)N[C@@H](CCCCNC(=N)N)C(=O)N[C@@H](CCC(N)=O)C(=O)N[C@@H](CCC(N)=O)C(=O)N[C@@H](Cc1ccc(O)cc1)C(=O)N[C@@H](CCCNC(=N)N)C(=O)N[C@@H](CCCCN)C(N)=O)[C@@H](C)O. The second kappa shape index (κ2) is 35.8. The van der Waals surface area contributed by atoms with Crippen molar-refractivity contribution in [3.63, 3.8) is 0 Å². The third-order valence-electron chi connectivity index (χ3n) is 11.7. The van der Waals surface area contributed by atoms with Gasteiger partial charge < -0.3 is 97.6 Å². The van der Waals surface area contributed by atoms with Gasteiger partial charge in [0.2, 0.25) is 59.1 Å². The number of hydrogen-bond donors (Lipinski definition) is 20. The second-order valence-corrected chi connectivity index (χ2v) is 18.5. The summed E-state index contributed by atoms with van der Waals surface area (Å²) < 4.78 is 0. The monoisotopic (exact) mass is 1110 g/mol. The van der Waals surface area contributed by atoms with Gasteiger partial charge in [0.15, 0.2) is 11.9 Å². The number of carbonyl (C=O) groups excluding carboxylic acids is 10. The highest BCUT2D eigenvalue weighted by Crippen LogP contribution is 2.14. The average Bonchev–Trinajstić information content (AvgIpc) is 3.35. The lowest BCUT2D eigenvalue weighted by Crippen LogP contribution is -2.61. The van der Waals surface area contributed by atoms with E-state index in [1.807, 2.05) is 0 Å². The predicted molar refractivity (Wildman–Crippen MR) is 280 cm³/mol. The Kier molecular flexibility index (Phi) is 31.1. The minimum atomic E-state index is -1.72. The molecular formula is C47H79N17O14. The average molecular weight is 1110 g/mol. The summed E-state index contributed by atoms with van der Waals surface area (Å²) in [5, 5.41) is 66.8. The van der Waals surface area contributed by atoms with Crippen LogP contribution in [0.25, 0.3) is 0 Å². The highest BCUT2D eigenvalue weighted by molar-refractivity contribution is 5.98. The maximum atomic E-state index is 14.3. The third kappa shape index (κ3) is 28.0. The number of unbranched alkanes of at least 4 members (excludes halogenated alkanes) is 2. The molecule has 1 aromatic rings. The molecule has 0 fully saturated rings. The molecule has 26 N–H and O–H groups in total. The number of carboxylic acid groups (broad SMARTS) is 1. The number of phenolic OH excluding ortho intramolecular Hbond substituents is 1. The molecule has 10 amide bonds. The van der Waals surface area contributed by atoms with Gasteiger partial charge in [-0.25, -0.2) is 0 Å². The minimum absolute atomic E-state index is 0.0792. The number of amides is 10. The number of rotatable bonds is 39. The molecule has 31 heteroatoms. The van der Waals surface area contributed by atoms with E-state index >= 15 is 0 Å². The number of aliphatic hydroxyl groups excluding tert-OH is 1. The van der Waals surface area contributed by atoms with E-state index in [0.717, 1.165) is 6.92 Å². The van der Waals surface area contributed by atoms with Crippen LogP contribution >= 0.6 is 0 Å². The van der Waals surface area contributed by atoms with E-state index in [2.05, 4.69) is 47.9 Å². The second-order valence-electron chi connectivity index (χ2n) is 18.5. The Morgan fingerprint density at radius 2 is 0.910 bits per heavy atom. The maximum absolute atomic E-state index is 14.3. The van der Waals surface area contributed by atoms with Crippen LogP contribution in [0.1, 0.15) is 103 Å². The minimum Gasteiger partial charge on any atom is -0.508 e. The number of aliphatic carboxylic acids is 1. The van der Waals surface area contributed by atoms with E-state index in [1.165, 1.54) is 31.2 Å². The van der Waals surface area contributed by atoms with E-state index in [0.29, 0.717) is 24.9 Å². The van der Waals surface area contributed by atoms with Crippen molar-refractivity contribution in [2.75, 3.05) is 19.6 Å². The molecule has 1 aromatic carbocycles. The Balaban J connectivity index is 3.71. The molecule has 0 bridgehead atoms. The standard InChI is InChI=1S/C47H79N17O14/c1-24(22-36(69)70)39(72)64-37(25(2)65)45(78)62-29(9-4-6-20-56-46(52)53)41(74)60-31(15-17-34(49)67)42(75)61-32(16-18-35(50)68)43(76)63-33(23-26-11-13-27(66)14-12-26)44(77)59-30(10-7-21-57-47(54)55)40(73)58-28(38(51)71)8-3-5-19-48/h11-14,24-25,28-33,37,65-66H,3-10,15-23,48H2,1-2H3,(H2,49,67)(H2,50,68)(H2,51,71)(H,58,73)(H,59,77)(H,60,74)(H,61,75)(H,62,78)(H,63,76)(H,64,72)(H,69,70)(H4,52,53,56)(H4,54,55,57)/t24-,25+,28-,29-,30-,31-,32-,33-,37-/m0/s1. The molecule has 0 aromatic heterocycles. The number of benzene rings is 1. The lowest BCUT2D eigenvalue weighted by molar-refractivity contribution is -0.141. The zero-order chi connectivity index (χ0) is 59.1. The van der Waals surface area contributed by atoms with Crippen LogP contribution in [0.3, 0.4) is 0 Å². The first-order valence-electron chi connectivity index (χ1n) is 25.2. The molecule has 0 aliphatic carbocycles. The highest BCUT2D eigenvalue weighted by Gasteiger charge is 2.36. The number of nitrogens with one attached hydrogen (secondary N) is 11. The molecule has 0 aliphatic rings. The topological polar surface area (TPSA) is 561 Å². The number of primary amides is 3. The fourth-order valence-electron chi connectivity index (χ4n) is 7.41. The Morgan fingerprint density at radius 1 is 0.513 bits per heavy atom. The van der Waals surface area contributed by atoms with Crippen molar-refractivity contribution in [1.29, 1.82) is 10.8 Å². The smallest absolute Gasteiger partial charge is 0.304 e. The number of hydrogen-bond acceptors (Lipinski definition) is 16. The van der Waals surface area contributed by atoms with Crippen molar-refractivity contribution in [3.05, 3.63) is 29.8 Å². The molecule has 0 heterocycles. The van der Waals surface area contributed by atoms with Gasteiger partial charge in [0.05, 0.1) is 12.5 Å². The molecule has 0 saturated carbocycles. The molecule has 9 atom stereocenters. The zero-order valence-corrected chi connectivity index (χ0v) is 43.8. The first-order chi connectivity index (χ1) is 36.6. The third-order valence-corrected chi connectivity index (χ3v) is 11.7. The van der Waals surface area contributed by atoms with Gasteiger partial charge in [-0.1, -0.05) is 19.1 Å². The summed E-state index contributed by atoms with van der Waals surface area (Å²) in [6.45, 7) is 2.96. The van der Waals surface area contributed by atoms with Crippen LogP contribution in [0.15, 0.2) is 24.3 Å². The van der Waals surface area contributed by atoms with Gasteiger partial charge in [-0.2, -0.15) is 0 Å². The number of aliphatic hydroxyl groups is 1. The van der Waals surface area contributed by atoms with Gasteiger partial charge >= 0.3 is 5.97 Å². The van der Waals surface area contributed by atoms with Gasteiger partial charge in [0.25, 0.3) is 0 Å². The number of carbonyl (C=O) groups is 11. The number of nitrogens with two attached hydrogens (primary N) is 6. The Labute approximate surface area is 450 Å². The predicted octanol–water partition coefficient (Wildman–Crippen LogP) is -6.12. The van der Waals surface area contributed by atoms with Crippen LogP contribution in [0.4, 0.5) is 0 Å². The Hall–Kier alpha value is -8.35. The van der Waals surface area contributed by atoms with Gasteiger partial charge in [0, 0.05) is 38.3 Å². The molecule has 0 saturated heterocycles. The zero-order valence-electron chi connectivity index (χ0n) is 43.8. The lowest BCUT2D eigenvalue weighted by Gasteiger charge is -2.28. The number of aromatic hydroxyl groups is 1. The molecule has 78 heavy (non-hydrogen) atoms. The van der Waals surface area contributed by atoms with Gasteiger partial charge in [-0.15, -0.1) is 0 Å². The van der Waals surface area contributed by atoms with Crippen LogP contribution < -0.4 is 82.3 Å². The van der Waals surface area contributed by atoms with Crippen molar-refractivity contribution in [1.82, 2.24) is 47.9 Å². The summed E-state index contributed by atoms with van der Waals surface area (Å²) in [7, 11) is 0. The van der Waals surface area contributed by atoms with Crippen molar-refractivity contribution in [2.24, 2.45) is 40.3 Å². The fourth-order valence-corrected chi connectivity index (χ4v) is 7.41. The van der Waals surface area contributed by atoms with Gasteiger partial charge in [0.1, 0.15) is 48.0 Å². The van der Waals surface area contributed by atoms with Crippen LogP contribution in [0.5, 0.6) is 5.75 Å². The molecule has 31 nitrogen and oxygen atoms in total. The molecule has 436 valence electrons. The van der Waals surface area contributed by atoms with E-state index in [-0.39, 0.29) is 75.7 Å². The van der Waals surface area contributed by atoms with E-state index in [4.69, 9.17) is 50.3 Å². The number of carboxylic acids is 1. The molecule has 0 radical (unpaired) electrons. The summed E-state index contributed by atoms with van der Waals surface area (Å²) in [4.78, 5) is 145. The van der Waals surface area contributed by atoms with E-state index < -0.39 is 151 Å². The van der Waals surface area contributed by atoms with Crippen LogP contribution in [-0.2, 0) is 59.2 Å². The summed E-state index contributed by atoms with van der Waals surface area (Å²) >= 11 is 0.